The van der Waals surface area contributed by atoms with E-state index in [1.165, 1.54) is 0 Å². The summed E-state index contributed by atoms with van der Waals surface area (Å²) in [6, 6.07) is 9.17. The fourth-order valence-corrected chi connectivity index (χ4v) is 3.85. The van der Waals surface area contributed by atoms with Crippen LogP contribution < -0.4 is 24.7 Å². The molecule has 6 nitrogen and oxygen atoms in total. The number of hydrogen-bond donors (Lipinski definition) is 1. The highest BCUT2D eigenvalue weighted by molar-refractivity contribution is 5.87. The minimum Gasteiger partial charge on any atom is -0.496 e. The molecule has 0 saturated heterocycles. The van der Waals surface area contributed by atoms with Crippen molar-refractivity contribution in [2.75, 3.05) is 21.3 Å². The summed E-state index contributed by atoms with van der Waals surface area (Å²) < 4.78 is 22.7. The maximum absolute atomic E-state index is 6.76. The van der Waals surface area contributed by atoms with Crippen molar-refractivity contribution in [3.05, 3.63) is 59.3 Å². The van der Waals surface area contributed by atoms with Crippen LogP contribution in [0.5, 0.6) is 23.0 Å². The van der Waals surface area contributed by atoms with Gasteiger partial charge in [0.1, 0.15) is 17.1 Å². The summed E-state index contributed by atoms with van der Waals surface area (Å²) >= 11 is 0. The van der Waals surface area contributed by atoms with Gasteiger partial charge in [-0.3, -0.25) is 4.98 Å². The van der Waals surface area contributed by atoms with Gasteiger partial charge in [-0.1, -0.05) is 0 Å². The standard InChI is InChI=1S/C24H26N2O4/c1-24(2)10-8-15-19(30-24)7-6-16(23(15)29-5)22(25)14-9-11-26-18-13-21(28-4)20(27-3)12-17(14)18/h6-13,22H,25H2,1-5H3. The molecule has 0 amide bonds. The van der Waals surface area contributed by atoms with Crippen molar-refractivity contribution in [3.63, 3.8) is 0 Å². The largest absolute Gasteiger partial charge is 0.496 e. The molecule has 1 aromatic heterocycles. The molecule has 1 aliphatic heterocycles. The smallest absolute Gasteiger partial charge is 0.162 e. The lowest BCUT2D eigenvalue weighted by atomic mass is 9.92. The molecule has 0 radical (unpaired) electrons. The first-order valence-electron chi connectivity index (χ1n) is 9.74. The first kappa shape index (κ1) is 20.0. The van der Waals surface area contributed by atoms with Crippen LogP contribution in [0, 0.1) is 0 Å². The second kappa shape index (κ2) is 7.54. The van der Waals surface area contributed by atoms with Crippen LogP contribution in [0.15, 0.2) is 42.6 Å². The van der Waals surface area contributed by atoms with Gasteiger partial charge in [-0.15, -0.1) is 0 Å². The van der Waals surface area contributed by atoms with Crippen molar-refractivity contribution in [3.8, 4) is 23.0 Å². The van der Waals surface area contributed by atoms with Gasteiger partial charge in [0.25, 0.3) is 0 Å². The maximum Gasteiger partial charge on any atom is 0.162 e. The number of fused-ring (bicyclic) bond motifs is 2. The van der Waals surface area contributed by atoms with Crippen LogP contribution in [-0.4, -0.2) is 31.9 Å². The van der Waals surface area contributed by atoms with E-state index in [9.17, 15) is 0 Å². The molecule has 2 N–H and O–H groups in total. The van der Waals surface area contributed by atoms with E-state index >= 15 is 0 Å². The highest BCUT2D eigenvalue weighted by Gasteiger charge is 2.27. The lowest BCUT2D eigenvalue weighted by molar-refractivity contribution is 0.158. The Hall–Kier alpha value is -3.25. The van der Waals surface area contributed by atoms with Gasteiger partial charge in [0.05, 0.1) is 38.5 Å². The monoisotopic (exact) mass is 406 g/mol. The van der Waals surface area contributed by atoms with Crippen molar-refractivity contribution in [1.82, 2.24) is 4.98 Å². The number of hydrogen-bond acceptors (Lipinski definition) is 6. The number of nitrogens with two attached hydrogens (primary N) is 1. The highest BCUT2D eigenvalue weighted by Crippen LogP contribution is 2.43. The van der Waals surface area contributed by atoms with Gasteiger partial charge >= 0.3 is 0 Å². The van der Waals surface area contributed by atoms with Crippen LogP contribution in [0.25, 0.3) is 17.0 Å². The summed E-state index contributed by atoms with van der Waals surface area (Å²) in [5.74, 6) is 2.74. The molecule has 0 saturated carbocycles. The van der Waals surface area contributed by atoms with Gasteiger partial charge < -0.3 is 24.7 Å². The predicted molar refractivity (Wildman–Crippen MR) is 118 cm³/mol. The van der Waals surface area contributed by atoms with Crippen LogP contribution in [0.1, 0.15) is 36.6 Å². The summed E-state index contributed by atoms with van der Waals surface area (Å²) in [5.41, 5.74) is 9.86. The van der Waals surface area contributed by atoms with Crippen molar-refractivity contribution in [1.29, 1.82) is 0 Å². The van der Waals surface area contributed by atoms with Crippen LogP contribution in [-0.2, 0) is 0 Å². The molecule has 1 unspecified atom stereocenters. The Morgan fingerprint density at radius 1 is 0.967 bits per heavy atom. The van der Waals surface area contributed by atoms with E-state index < -0.39 is 6.04 Å². The van der Waals surface area contributed by atoms with Gasteiger partial charge in [-0.05, 0) is 55.8 Å². The average molecular weight is 406 g/mol. The fourth-order valence-electron chi connectivity index (χ4n) is 3.85. The number of rotatable bonds is 5. The molecule has 3 aromatic rings. The van der Waals surface area contributed by atoms with Gasteiger partial charge in [0.2, 0.25) is 0 Å². The van der Waals surface area contributed by atoms with Crippen molar-refractivity contribution in [2.45, 2.75) is 25.5 Å². The topological polar surface area (TPSA) is 75.8 Å². The number of aromatic nitrogens is 1. The van der Waals surface area contributed by atoms with Gasteiger partial charge in [0, 0.05) is 23.2 Å². The molecule has 1 aliphatic rings. The van der Waals surface area contributed by atoms with E-state index in [0.29, 0.717) is 17.2 Å². The molecule has 2 aromatic carbocycles. The Labute approximate surface area is 176 Å². The Bertz CT molecular complexity index is 1140. The Balaban J connectivity index is 1.86. The zero-order valence-electron chi connectivity index (χ0n) is 17.9. The zero-order valence-corrected chi connectivity index (χ0v) is 17.9. The summed E-state index contributed by atoms with van der Waals surface area (Å²) in [4.78, 5) is 4.48. The van der Waals surface area contributed by atoms with E-state index in [4.69, 9.17) is 24.7 Å². The summed E-state index contributed by atoms with van der Waals surface area (Å²) in [6.45, 7) is 4.03. The number of benzene rings is 2. The minimum absolute atomic E-state index is 0.363. The second-order valence-corrected chi connectivity index (χ2v) is 7.74. The van der Waals surface area contributed by atoms with Crippen molar-refractivity contribution >= 4 is 17.0 Å². The maximum atomic E-state index is 6.76. The second-order valence-electron chi connectivity index (χ2n) is 7.74. The molecule has 4 rings (SSSR count). The summed E-state index contributed by atoms with van der Waals surface area (Å²) in [7, 11) is 4.87. The Morgan fingerprint density at radius 2 is 1.70 bits per heavy atom. The van der Waals surface area contributed by atoms with Crippen molar-refractivity contribution in [2.24, 2.45) is 5.73 Å². The van der Waals surface area contributed by atoms with E-state index in [1.54, 1.807) is 27.5 Å². The van der Waals surface area contributed by atoms with E-state index in [1.807, 2.05) is 56.3 Å². The van der Waals surface area contributed by atoms with E-state index in [0.717, 1.165) is 33.3 Å². The third kappa shape index (κ3) is 3.33. The zero-order chi connectivity index (χ0) is 21.5. The third-order valence-electron chi connectivity index (χ3n) is 5.37. The van der Waals surface area contributed by atoms with Gasteiger partial charge in [-0.25, -0.2) is 0 Å². The summed E-state index contributed by atoms with van der Waals surface area (Å²) in [5, 5.41) is 0.898. The Morgan fingerprint density at radius 3 is 2.40 bits per heavy atom. The van der Waals surface area contributed by atoms with E-state index in [2.05, 4.69) is 4.98 Å². The summed E-state index contributed by atoms with van der Waals surface area (Å²) in [6.07, 6.45) is 5.80. The van der Waals surface area contributed by atoms with Gasteiger partial charge in [-0.2, -0.15) is 0 Å². The molecule has 30 heavy (non-hydrogen) atoms. The number of methoxy groups -OCH3 is 3. The first-order chi connectivity index (χ1) is 14.4. The molecule has 0 spiro atoms. The molecule has 6 heteroatoms. The minimum atomic E-state index is -0.433. The van der Waals surface area contributed by atoms with Crippen LogP contribution in [0.2, 0.25) is 0 Å². The number of nitrogens with zero attached hydrogens (tertiary/aromatic N) is 1. The number of pyridine rings is 1. The molecule has 2 heterocycles. The lowest BCUT2D eigenvalue weighted by Crippen LogP contribution is -2.28. The quantitative estimate of drug-likeness (QED) is 0.673. The van der Waals surface area contributed by atoms with E-state index in [-0.39, 0.29) is 5.60 Å². The third-order valence-corrected chi connectivity index (χ3v) is 5.37. The molecule has 0 fully saturated rings. The lowest BCUT2D eigenvalue weighted by Gasteiger charge is -2.30. The molecule has 0 bridgehead atoms. The van der Waals surface area contributed by atoms with Gasteiger partial charge in [0.15, 0.2) is 11.5 Å². The van der Waals surface area contributed by atoms with Crippen LogP contribution in [0.4, 0.5) is 0 Å². The predicted octanol–water partition coefficient (Wildman–Crippen LogP) is 4.49. The molecule has 156 valence electrons. The molecule has 1 atom stereocenters. The first-order valence-corrected chi connectivity index (χ1v) is 9.74. The average Bonchev–Trinajstić information content (AvgIpc) is 2.75. The Kier molecular flexibility index (Phi) is 5.03. The normalized spacial score (nSPS) is 15.3. The van der Waals surface area contributed by atoms with Crippen molar-refractivity contribution < 1.29 is 18.9 Å². The molecular formula is C24H26N2O4. The highest BCUT2D eigenvalue weighted by atomic mass is 16.5. The van der Waals surface area contributed by atoms with Crippen LogP contribution in [0.3, 0.4) is 0 Å². The fraction of sp³-hybridized carbons (Fsp3) is 0.292. The molecule has 0 aliphatic carbocycles. The van der Waals surface area contributed by atoms with Crippen LogP contribution >= 0.6 is 0 Å². The SMILES string of the molecule is COc1cc2nccc(C(N)c3ccc4c(c3OC)C=CC(C)(C)O4)c2cc1OC. The number of ether oxygens (including phenoxy) is 4. The molecular weight excluding hydrogens is 380 g/mol.